The first-order chi connectivity index (χ1) is 13.3. The van der Waals surface area contributed by atoms with Crippen molar-refractivity contribution in [3.63, 3.8) is 0 Å². The Labute approximate surface area is 168 Å². The van der Waals surface area contributed by atoms with Crippen LogP contribution in [0.5, 0.6) is 0 Å². The van der Waals surface area contributed by atoms with Gasteiger partial charge in [0, 0.05) is 17.1 Å². The van der Waals surface area contributed by atoms with Crippen molar-refractivity contribution < 1.29 is 4.79 Å². The van der Waals surface area contributed by atoms with Gasteiger partial charge in [-0.2, -0.15) is 15.1 Å². The van der Waals surface area contributed by atoms with Gasteiger partial charge in [-0.15, -0.1) is 0 Å². The Morgan fingerprint density at radius 1 is 1.11 bits per heavy atom. The van der Waals surface area contributed by atoms with Crippen LogP contribution in [0.1, 0.15) is 35.0 Å². The molecule has 0 aliphatic carbocycles. The lowest BCUT2D eigenvalue weighted by Crippen LogP contribution is -2.35. The predicted molar refractivity (Wildman–Crippen MR) is 115 cm³/mol. The molecule has 2 aliphatic rings. The molecule has 0 spiro atoms. The first-order valence-corrected chi connectivity index (χ1v) is 9.81. The Morgan fingerprint density at radius 2 is 1.86 bits per heavy atom. The number of aliphatic imine (C=N–C) groups is 1. The number of rotatable bonds is 2. The van der Waals surface area contributed by atoms with Crippen molar-refractivity contribution in [3.8, 4) is 5.69 Å². The summed E-state index contributed by atoms with van der Waals surface area (Å²) in [5.74, 6) is -0.332. The van der Waals surface area contributed by atoms with E-state index in [-0.39, 0.29) is 11.4 Å². The van der Waals surface area contributed by atoms with Crippen molar-refractivity contribution in [2.75, 3.05) is 0 Å². The van der Waals surface area contributed by atoms with Gasteiger partial charge in [-0.1, -0.05) is 12.1 Å². The lowest BCUT2D eigenvalue weighted by Gasteiger charge is -2.20. The Hall–Kier alpha value is -2.93. The van der Waals surface area contributed by atoms with E-state index in [0.717, 1.165) is 27.7 Å². The summed E-state index contributed by atoms with van der Waals surface area (Å²) >= 11 is 1.31. The number of aromatic nitrogens is 1. The zero-order valence-electron chi connectivity index (χ0n) is 16.5. The highest BCUT2D eigenvalue weighted by Gasteiger charge is 2.34. The molecule has 2 aromatic rings. The summed E-state index contributed by atoms with van der Waals surface area (Å²) in [4.78, 5) is 16.6. The second-order valence-electron chi connectivity index (χ2n) is 7.09. The van der Waals surface area contributed by atoms with E-state index in [1.54, 1.807) is 6.08 Å². The van der Waals surface area contributed by atoms with E-state index in [4.69, 9.17) is 5.41 Å². The van der Waals surface area contributed by atoms with Crippen molar-refractivity contribution in [2.45, 2.75) is 34.6 Å². The van der Waals surface area contributed by atoms with Gasteiger partial charge >= 0.3 is 0 Å². The third-order valence-corrected chi connectivity index (χ3v) is 5.76. The molecule has 0 saturated heterocycles. The molecule has 2 aliphatic heterocycles. The molecule has 1 N–H and O–H groups in total. The number of nitrogens with one attached hydrogen (secondary N) is 1. The number of benzene rings is 1. The van der Waals surface area contributed by atoms with E-state index >= 15 is 0 Å². The van der Waals surface area contributed by atoms with Gasteiger partial charge < -0.3 is 4.57 Å². The monoisotopic (exact) mass is 391 g/mol. The summed E-state index contributed by atoms with van der Waals surface area (Å²) in [5.41, 5.74) is 6.75. The average molecular weight is 392 g/mol. The van der Waals surface area contributed by atoms with Gasteiger partial charge in [0.05, 0.1) is 10.6 Å². The molecule has 0 fully saturated rings. The van der Waals surface area contributed by atoms with Gasteiger partial charge in [-0.3, -0.25) is 10.2 Å². The standard InChI is InChI=1S/C21H21N5OS/c1-11-6-7-12(2)18(8-11)25-13(3)9-16(14(25)4)10-17-19(22)26-21(23-20(17)27)28-15(5)24-26/h6-10,22H,1-5H3. The van der Waals surface area contributed by atoms with Crippen molar-refractivity contribution in [2.24, 2.45) is 10.1 Å². The van der Waals surface area contributed by atoms with E-state index < -0.39 is 5.91 Å². The molecule has 1 amide bonds. The van der Waals surface area contributed by atoms with Crippen LogP contribution in [0.25, 0.3) is 11.8 Å². The van der Waals surface area contributed by atoms with E-state index in [1.807, 2.05) is 26.8 Å². The second-order valence-corrected chi connectivity index (χ2v) is 8.25. The molecule has 28 heavy (non-hydrogen) atoms. The molecule has 1 aromatic carbocycles. The van der Waals surface area contributed by atoms with Gasteiger partial charge in [0.15, 0.2) is 5.84 Å². The fourth-order valence-electron chi connectivity index (χ4n) is 3.51. The zero-order chi connectivity index (χ0) is 20.2. The molecular formula is C21H21N5OS. The first kappa shape index (κ1) is 18.4. The molecule has 3 heterocycles. The van der Waals surface area contributed by atoms with Gasteiger partial charge in [-0.25, -0.2) is 0 Å². The SMILES string of the molecule is CC1=NN2C(=N)C(=Cc3cc(C)n(-c4cc(C)ccc4C)c3C)C(=O)N=C2S1. The minimum Gasteiger partial charge on any atom is -0.318 e. The molecule has 1 aromatic heterocycles. The predicted octanol–water partition coefficient (Wildman–Crippen LogP) is 4.35. The fourth-order valence-corrected chi connectivity index (χ4v) is 4.24. The number of hydrogen-bond donors (Lipinski definition) is 1. The smallest absolute Gasteiger partial charge is 0.283 e. The summed E-state index contributed by atoms with van der Waals surface area (Å²) < 4.78 is 2.19. The zero-order valence-corrected chi connectivity index (χ0v) is 17.3. The summed E-state index contributed by atoms with van der Waals surface area (Å²) in [6, 6.07) is 8.42. The van der Waals surface area contributed by atoms with Gasteiger partial charge in [-0.05, 0) is 81.3 Å². The number of amides is 1. The highest BCUT2D eigenvalue weighted by atomic mass is 32.2. The van der Waals surface area contributed by atoms with Crippen LogP contribution in [0.2, 0.25) is 0 Å². The van der Waals surface area contributed by atoms with Crippen molar-refractivity contribution in [1.29, 1.82) is 5.41 Å². The summed E-state index contributed by atoms with van der Waals surface area (Å²) in [7, 11) is 0. The van der Waals surface area contributed by atoms with Crippen LogP contribution in [0.4, 0.5) is 0 Å². The topological polar surface area (TPSA) is 73.8 Å². The average Bonchev–Trinajstić information content (AvgIpc) is 3.13. The van der Waals surface area contributed by atoms with Crippen LogP contribution in [-0.2, 0) is 4.79 Å². The molecule has 4 rings (SSSR count). The van der Waals surface area contributed by atoms with Crippen molar-refractivity contribution >= 4 is 39.8 Å². The first-order valence-electron chi connectivity index (χ1n) is 8.99. The maximum absolute atomic E-state index is 12.5. The third kappa shape index (κ3) is 2.92. The fraction of sp³-hybridized carbons (Fsp3) is 0.238. The Kier molecular flexibility index (Phi) is 4.34. The summed E-state index contributed by atoms with van der Waals surface area (Å²) in [6.07, 6.45) is 1.75. The van der Waals surface area contributed by atoms with E-state index in [9.17, 15) is 4.79 Å². The maximum atomic E-state index is 12.5. The number of amidine groups is 2. The minimum atomic E-state index is -0.398. The molecule has 0 bridgehead atoms. The van der Waals surface area contributed by atoms with Gasteiger partial charge in [0.1, 0.15) is 0 Å². The van der Waals surface area contributed by atoms with Gasteiger partial charge in [0.2, 0.25) is 5.17 Å². The van der Waals surface area contributed by atoms with Crippen LogP contribution in [-0.4, -0.2) is 31.5 Å². The number of hydrazone groups is 1. The number of aryl methyl sites for hydroxylation is 3. The number of hydrogen-bond acceptors (Lipinski definition) is 4. The normalized spacial score (nSPS) is 17.9. The van der Waals surface area contributed by atoms with Gasteiger partial charge in [0.25, 0.3) is 5.91 Å². The van der Waals surface area contributed by atoms with Crippen LogP contribution in [0, 0.1) is 33.1 Å². The molecule has 0 saturated carbocycles. The van der Waals surface area contributed by atoms with E-state index in [2.05, 4.69) is 46.7 Å². The largest absolute Gasteiger partial charge is 0.318 e. The molecule has 0 radical (unpaired) electrons. The Bertz CT molecular complexity index is 1140. The quantitative estimate of drug-likeness (QED) is 0.774. The molecule has 0 unspecified atom stereocenters. The second kappa shape index (κ2) is 6.60. The van der Waals surface area contributed by atoms with E-state index in [1.165, 1.54) is 27.9 Å². The number of carbonyl (C=O) groups is 1. The maximum Gasteiger partial charge on any atom is 0.283 e. The van der Waals surface area contributed by atoms with Crippen LogP contribution in [0.3, 0.4) is 0 Å². The lowest BCUT2D eigenvalue weighted by molar-refractivity contribution is -0.114. The van der Waals surface area contributed by atoms with E-state index in [0.29, 0.717) is 5.17 Å². The third-order valence-electron chi connectivity index (χ3n) is 4.93. The highest BCUT2D eigenvalue weighted by molar-refractivity contribution is 8.26. The molecular weight excluding hydrogens is 370 g/mol. The molecule has 142 valence electrons. The van der Waals surface area contributed by atoms with Crippen LogP contribution in [0.15, 0.2) is 39.9 Å². The lowest BCUT2D eigenvalue weighted by atomic mass is 10.1. The highest BCUT2D eigenvalue weighted by Crippen LogP contribution is 2.30. The van der Waals surface area contributed by atoms with Crippen molar-refractivity contribution in [1.82, 2.24) is 9.58 Å². The number of carbonyl (C=O) groups excluding carboxylic acids is 1. The molecule has 6 nitrogen and oxygen atoms in total. The van der Waals surface area contributed by atoms with Crippen LogP contribution < -0.4 is 0 Å². The Balaban J connectivity index is 1.81. The van der Waals surface area contributed by atoms with Crippen LogP contribution >= 0.6 is 11.8 Å². The minimum absolute atomic E-state index is 0.0656. The van der Waals surface area contributed by atoms with Crippen molar-refractivity contribution in [3.05, 3.63) is 57.9 Å². The number of nitrogens with zero attached hydrogens (tertiary/aromatic N) is 4. The molecule has 0 atom stereocenters. The summed E-state index contributed by atoms with van der Waals surface area (Å²) in [6.45, 7) is 10.1. The Morgan fingerprint density at radius 3 is 2.61 bits per heavy atom. The summed E-state index contributed by atoms with van der Waals surface area (Å²) in [5, 5.41) is 15.4. The number of thioether (sulfide) groups is 1. The number of fused-ring (bicyclic) bond motifs is 1. The molecule has 7 heteroatoms.